The third kappa shape index (κ3) is 4.67. The lowest BCUT2D eigenvalue weighted by molar-refractivity contribution is 0.0791. The van der Waals surface area contributed by atoms with Crippen LogP contribution in [0.25, 0.3) is 0 Å². The zero-order valence-corrected chi connectivity index (χ0v) is 17.8. The van der Waals surface area contributed by atoms with E-state index in [-0.39, 0.29) is 11.8 Å². The Balaban J connectivity index is 2.01. The molecular weight excluding hydrogens is 380 g/mol. The van der Waals surface area contributed by atoms with E-state index in [4.69, 9.17) is 0 Å². The summed E-state index contributed by atoms with van der Waals surface area (Å²) < 4.78 is 0. The summed E-state index contributed by atoms with van der Waals surface area (Å²) in [5.41, 5.74) is 3.30. The molecule has 1 aromatic heterocycles. The average molecular weight is 409 g/mol. The fraction of sp³-hybridized carbons (Fsp3) is 0.333. The van der Waals surface area contributed by atoms with E-state index in [1.807, 2.05) is 31.2 Å². The topological polar surface area (TPSA) is 49.4 Å². The molecule has 0 spiro atoms. The Morgan fingerprint density at radius 2 is 1.79 bits per heavy atom. The highest BCUT2D eigenvalue weighted by atomic mass is 32.1. The zero-order chi connectivity index (χ0) is 20.8. The molecule has 4 nitrogen and oxygen atoms in total. The van der Waals surface area contributed by atoms with Crippen molar-refractivity contribution in [2.24, 2.45) is 0 Å². The van der Waals surface area contributed by atoms with Crippen LogP contribution in [0.15, 0.2) is 49.6 Å². The Morgan fingerprint density at radius 3 is 2.48 bits per heavy atom. The van der Waals surface area contributed by atoms with Crippen LogP contribution in [-0.2, 0) is 12.8 Å². The van der Waals surface area contributed by atoms with Crippen LogP contribution in [0.5, 0.6) is 0 Å². The Bertz CT molecular complexity index is 919. The number of fused-ring (bicyclic) bond motifs is 1. The third-order valence-corrected chi connectivity index (χ3v) is 6.45. The van der Waals surface area contributed by atoms with Gasteiger partial charge in [0.25, 0.3) is 11.8 Å². The van der Waals surface area contributed by atoms with E-state index in [9.17, 15) is 9.59 Å². The summed E-state index contributed by atoms with van der Waals surface area (Å²) in [7, 11) is 0. The van der Waals surface area contributed by atoms with E-state index in [2.05, 4.69) is 18.5 Å². The zero-order valence-electron chi connectivity index (χ0n) is 17.0. The molecule has 1 heterocycles. The van der Waals surface area contributed by atoms with Gasteiger partial charge in [-0.15, -0.1) is 24.5 Å². The standard InChI is InChI=1S/C24H28N2O2S/c1-4-15-26(16-5-2)24(28)21-19-13-7-6-8-14-20(19)29-23(21)25-22(27)18-12-10-9-11-17(18)3/h4-5,9-12H,1-2,6-8,13-16H2,3H3,(H,25,27). The highest BCUT2D eigenvalue weighted by Crippen LogP contribution is 2.38. The normalized spacial score (nSPS) is 13.1. The molecule has 0 aliphatic heterocycles. The van der Waals surface area contributed by atoms with Gasteiger partial charge in [-0.1, -0.05) is 36.8 Å². The first kappa shape index (κ1) is 21.1. The van der Waals surface area contributed by atoms with Gasteiger partial charge < -0.3 is 10.2 Å². The molecule has 3 rings (SSSR count). The third-order valence-electron chi connectivity index (χ3n) is 5.24. The predicted molar refractivity (Wildman–Crippen MR) is 121 cm³/mol. The van der Waals surface area contributed by atoms with Gasteiger partial charge in [-0.2, -0.15) is 0 Å². The van der Waals surface area contributed by atoms with Crippen LogP contribution in [0.3, 0.4) is 0 Å². The van der Waals surface area contributed by atoms with E-state index in [0.717, 1.165) is 36.8 Å². The van der Waals surface area contributed by atoms with Crippen LogP contribution in [-0.4, -0.2) is 29.8 Å². The number of hydrogen-bond acceptors (Lipinski definition) is 3. The largest absolute Gasteiger partial charge is 0.331 e. The summed E-state index contributed by atoms with van der Waals surface area (Å²) >= 11 is 1.55. The SMILES string of the molecule is C=CCN(CC=C)C(=O)c1c(NC(=O)c2ccccc2C)sc2c1CCCCC2. The first-order valence-corrected chi connectivity index (χ1v) is 10.9. The molecule has 2 aromatic rings. The van der Waals surface area contributed by atoms with E-state index in [1.165, 1.54) is 11.3 Å². The molecule has 0 saturated heterocycles. The predicted octanol–water partition coefficient (Wildman–Crippen LogP) is 5.39. The lowest BCUT2D eigenvalue weighted by atomic mass is 10.0. The molecule has 2 amide bonds. The molecule has 152 valence electrons. The molecule has 0 radical (unpaired) electrons. The van der Waals surface area contributed by atoms with Gasteiger partial charge in [-0.3, -0.25) is 9.59 Å². The highest BCUT2D eigenvalue weighted by molar-refractivity contribution is 7.17. The van der Waals surface area contributed by atoms with E-state index in [1.54, 1.807) is 28.4 Å². The average Bonchev–Trinajstić information content (AvgIpc) is 2.88. The number of nitrogens with zero attached hydrogens (tertiary/aromatic N) is 1. The number of anilines is 1. The van der Waals surface area contributed by atoms with Gasteiger partial charge >= 0.3 is 0 Å². The quantitative estimate of drug-likeness (QED) is 0.493. The summed E-state index contributed by atoms with van der Waals surface area (Å²) in [4.78, 5) is 29.4. The van der Waals surface area contributed by atoms with Crippen LogP contribution in [0.2, 0.25) is 0 Å². The highest BCUT2D eigenvalue weighted by Gasteiger charge is 2.28. The Kier molecular flexibility index (Phi) is 7.04. The van der Waals surface area contributed by atoms with E-state index in [0.29, 0.717) is 29.2 Å². The van der Waals surface area contributed by atoms with Gasteiger partial charge in [-0.25, -0.2) is 0 Å². The van der Waals surface area contributed by atoms with Crippen molar-refractivity contribution in [3.05, 3.63) is 76.7 Å². The number of hydrogen-bond donors (Lipinski definition) is 1. The van der Waals surface area contributed by atoms with E-state index >= 15 is 0 Å². The van der Waals surface area contributed by atoms with E-state index < -0.39 is 0 Å². The number of aryl methyl sites for hydroxylation is 2. The number of carbonyl (C=O) groups is 2. The van der Waals surface area contributed by atoms with Crippen LogP contribution < -0.4 is 5.32 Å². The molecule has 1 aliphatic rings. The van der Waals surface area contributed by atoms with Gasteiger partial charge in [0.2, 0.25) is 0 Å². The Morgan fingerprint density at radius 1 is 1.10 bits per heavy atom. The summed E-state index contributed by atoms with van der Waals surface area (Å²) in [6.45, 7) is 10.4. The lowest BCUT2D eigenvalue weighted by Crippen LogP contribution is -2.32. The first-order valence-electron chi connectivity index (χ1n) is 10.1. The van der Waals surface area contributed by atoms with Crippen molar-refractivity contribution in [3.63, 3.8) is 0 Å². The fourth-order valence-electron chi connectivity index (χ4n) is 3.77. The summed E-state index contributed by atoms with van der Waals surface area (Å²) in [5.74, 6) is -0.239. The Labute approximate surface area is 176 Å². The molecule has 0 atom stereocenters. The second-order valence-corrected chi connectivity index (χ2v) is 8.43. The smallest absolute Gasteiger partial charge is 0.257 e. The summed E-state index contributed by atoms with van der Waals surface area (Å²) in [6, 6.07) is 7.50. The van der Waals surface area contributed by atoms with Crippen molar-refractivity contribution in [1.29, 1.82) is 0 Å². The molecule has 1 aliphatic carbocycles. The molecule has 5 heteroatoms. The van der Waals surface area contributed by atoms with Crippen LogP contribution in [0, 0.1) is 6.92 Å². The number of benzene rings is 1. The molecule has 29 heavy (non-hydrogen) atoms. The minimum Gasteiger partial charge on any atom is -0.331 e. The summed E-state index contributed by atoms with van der Waals surface area (Å²) in [5, 5.41) is 3.71. The van der Waals surface area contributed by atoms with Crippen molar-refractivity contribution >= 4 is 28.2 Å². The molecule has 0 fully saturated rings. The molecule has 0 saturated carbocycles. The van der Waals surface area contributed by atoms with Crippen molar-refractivity contribution in [1.82, 2.24) is 4.90 Å². The van der Waals surface area contributed by atoms with Gasteiger partial charge in [0.15, 0.2) is 0 Å². The number of thiophene rings is 1. The van der Waals surface area contributed by atoms with Crippen molar-refractivity contribution in [2.75, 3.05) is 18.4 Å². The minimum atomic E-state index is -0.174. The van der Waals surface area contributed by atoms with Crippen molar-refractivity contribution in [2.45, 2.75) is 39.0 Å². The van der Waals surface area contributed by atoms with Crippen LogP contribution in [0.4, 0.5) is 5.00 Å². The minimum absolute atomic E-state index is 0.0655. The monoisotopic (exact) mass is 408 g/mol. The van der Waals surface area contributed by atoms with Gasteiger partial charge in [0, 0.05) is 23.5 Å². The second kappa shape index (κ2) is 9.70. The second-order valence-electron chi connectivity index (χ2n) is 7.33. The Hall–Kier alpha value is -2.66. The molecule has 0 unspecified atom stereocenters. The summed E-state index contributed by atoms with van der Waals surface area (Å²) in [6.07, 6.45) is 8.64. The van der Waals surface area contributed by atoms with Gasteiger partial charge in [0.1, 0.15) is 5.00 Å². The van der Waals surface area contributed by atoms with Crippen LogP contribution >= 0.6 is 11.3 Å². The number of amides is 2. The fourth-order valence-corrected chi connectivity index (χ4v) is 5.04. The van der Waals surface area contributed by atoms with Crippen LogP contribution in [0.1, 0.15) is 56.0 Å². The number of rotatable bonds is 7. The van der Waals surface area contributed by atoms with Gasteiger partial charge in [0.05, 0.1) is 5.56 Å². The lowest BCUT2D eigenvalue weighted by Gasteiger charge is -2.21. The number of carbonyl (C=O) groups excluding carboxylic acids is 2. The maximum absolute atomic E-state index is 13.5. The molecular formula is C24H28N2O2S. The van der Waals surface area contributed by atoms with Crippen molar-refractivity contribution in [3.8, 4) is 0 Å². The van der Waals surface area contributed by atoms with Crippen molar-refractivity contribution < 1.29 is 9.59 Å². The molecule has 0 bridgehead atoms. The first-order chi connectivity index (χ1) is 14.1. The van der Waals surface area contributed by atoms with Gasteiger partial charge in [-0.05, 0) is 49.8 Å². The number of nitrogens with one attached hydrogen (secondary N) is 1. The molecule has 1 N–H and O–H groups in total. The molecule has 1 aromatic carbocycles. The maximum atomic E-state index is 13.5. The maximum Gasteiger partial charge on any atom is 0.257 e.